The van der Waals surface area contributed by atoms with Crippen LogP contribution in [0.5, 0.6) is 5.75 Å². The van der Waals surface area contributed by atoms with E-state index in [1.807, 2.05) is 7.05 Å². The smallest absolute Gasteiger partial charge is 0.127 e. The van der Waals surface area contributed by atoms with Gasteiger partial charge in [0.2, 0.25) is 0 Å². The topological polar surface area (TPSA) is 21.3 Å². The van der Waals surface area contributed by atoms with Crippen molar-refractivity contribution in [2.45, 2.75) is 33.2 Å². The highest BCUT2D eigenvalue weighted by molar-refractivity contribution is 5.50. The van der Waals surface area contributed by atoms with E-state index in [0.717, 1.165) is 12.2 Å². The van der Waals surface area contributed by atoms with Crippen LogP contribution in [0.1, 0.15) is 40.8 Å². The van der Waals surface area contributed by atoms with Crippen LogP contribution >= 0.6 is 0 Å². The van der Waals surface area contributed by atoms with Gasteiger partial charge in [0.1, 0.15) is 5.75 Å². The molecule has 0 aliphatic rings. The molecular formula is C19H25NO. The zero-order chi connectivity index (χ0) is 15.4. The largest absolute Gasteiger partial charge is 0.496 e. The van der Waals surface area contributed by atoms with Crippen molar-refractivity contribution in [2.24, 2.45) is 0 Å². The minimum atomic E-state index is 0.149. The molecule has 0 spiro atoms. The van der Waals surface area contributed by atoms with Gasteiger partial charge in [0.05, 0.1) is 13.2 Å². The van der Waals surface area contributed by atoms with Crippen LogP contribution in [0.25, 0.3) is 0 Å². The van der Waals surface area contributed by atoms with Crippen LogP contribution in [0.3, 0.4) is 0 Å². The molecule has 1 unspecified atom stereocenters. The fourth-order valence-corrected chi connectivity index (χ4v) is 2.93. The first-order valence-electron chi connectivity index (χ1n) is 7.53. The van der Waals surface area contributed by atoms with Gasteiger partial charge in [0.25, 0.3) is 0 Å². The molecule has 21 heavy (non-hydrogen) atoms. The first-order chi connectivity index (χ1) is 10.1. The van der Waals surface area contributed by atoms with E-state index >= 15 is 0 Å². The minimum absolute atomic E-state index is 0.149. The standard InChI is InChI=1S/C19H25NO/c1-6-15-9-7-8-10-16(15)18(20-4)17-12-11-13(2)14(3)19(17)21-5/h7-12,18,20H,6H2,1-5H3. The Labute approximate surface area is 128 Å². The van der Waals surface area contributed by atoms with Crippen molar-refractivity contribution in [2.75, 3.05) is 14.2 Å². The van der Waals surface area contributed by atoms with Gasteiger partial charge in [0.15, 0.2) is 0 Å². The van der Waals surface area contributed by atoms with Gasteiger partial charge >= 0.3 is 0 Å². The van der Waals surface area contributed by atoms with Crippen molar-refractivity contribution in [1.82, 2.24) is 5.32 Å². The summed E-state index contributed by atoms with van der Waals surface area (Å²) in [6.07, 6.45) is 1.03. The fourth-order valence-electron chi connectivity index (χ4n) is 2.93. The second-order valence-electron chi connectivity index (χ2n) is 5.40. The number of rotatable bonds is 5. The first kappa shape index (κ1) is 15.6. The molecule has 2 nitrogen and oxygen atoms in total. The minimum Gasteiger partial charge on any atom is -0.496 e. The van der Waals surface area contributed by atoms with E-state index in [2.05, 4.69) is 62.5 Å². The third-order valence-electron chi connectivity index (χ3n) is 4.26. The van der Waals surface area contributed by atoms with E-state index in [0.29, 0.717) is 0 Å². The van der Waals surface area contributed by atoms with Crippen molar-refractivity contribution in [1.29, 1.82) is 0 Å². The van der Waals surface area contributed by atoms with Crippen molar-refractivity contribution in [3.63, 3.8) is 0 Å². The Morgan fingerprint density at radius 2 is 1.76 bits per heavy atom. The van der Waals surface area contributed by atoms with Gasteiger partial charge in [-0.3, -0.25) is 0 Å². The maximum absolute atomic E-state index is 5.69. The van der Waals surface area contributed by atoms with Crippen LogP contribution in [-0.4, -0.2) is 14.2 Å². The summed E-state index contributed by atoms with van der Waals surface area (Å²) in [6.45, 7) is 6.44. The van der Waals surface area contributed by atoms with Gasteiger partial charge in [-0.2, -0.15) is 0 Å². The van der Waals surface area contributed by atoms with Gasteiger partial charge in [-0.15, -0.1) is 0 Å². The summed E-state index contributed by atoms with van der Waals surface area (Å²) in [4.78, 5) is 0. The molecule has 1 atom stereocenters. The van der Waals surface area contributed by atoms with Crippen molar-refractivity contribution in [3.8, 4) is 5.75 Å². The van der Waals surface area contributed by atoms with Gasteiger partial charge in [0, 0.05) is 5.56 Å². The van der Waals surface area contributed by atoms with E-state index in [4.69, 9.17) is 4.74 Å². The van der Waals surface area contributed by atoms with Gasteiger partial charge in [-0.25, -0.2) is 0 Å². The molecule has 0 aliphatic heterocycles. The Kier molecular flexibility index (Phi) is 5.03. The molecule has 0 heterocycles. The summed E-state index contributed by atoms with van der Waals surface area (Å²) in [6, 6.07) is 13.1. The molecule has 0 saturated carbocycles. The molecule has 1 N–H and O–H groups in total. The predicted molar refractivity (Wildman–Crippen MR) is 89.2 cm³/mol. The quantitative estimate of drug-likeness (QED) is 0.888. The van der Waals surface area contributed by atoms with E-state index in [1.165, 1.54) is 27.8 Å². The number of aryl methyl sites for hydroxylation is 2. The molecule has 0 fully saturated rings. The van der Waals surface area contributed by atoms with Crippen LogP contribution in [0.15, 0.2) is 36.4 Å². The average molecular weight is 283 g/mol. The Balaban J connectivity index is 2.59. The lowest BCUT2D eigenvalue weighted by molar-refractivity contribution is 0.402. The van der Waals surface area contributed by atoms with Gasteiger partial charge < -0.3 is 10.1 Å². The molecule has 2 heteroatoms. The van der Waals surface area contributed by atoms with Crippen LogP contribution < -0.4 is 10.1 Å². The van der Waals surface area contributed by atoms with Crippen LogP contribution in [0.4, 0.5) is 0 Å². The Bertz CT molecular complexity index is 619. The maximum Gasteiger partial charge on any atom is 0.127 e. The number of hydrogen-bond acceptors (Lipinski definition) is 2. The lowest BCUT2D eigenvalue weighted by Crippen LogP contribution is -2.20. The van der Waals surface area contributed by atoms with Crippen LogP contribution in [-0.2, 0) is 6.42 Å². The molecule has 0 saturated heterocycles. The zero-order valence-corrected chi connectivity index (χ0v) is 13.7. The highest BCUT2D eigenvalue weighted by Crippen LogP contribution is 2.35. The second kappa shape index (κ2) is 6.77. The fraction of sp³-hybridized carbons (Fsp3) is 0.368. The van der Waals surface area contributed by atoms with E-state index < -0.39 is 0 Å². The van der Waals surface area contributed by atoms with E-state index in [9.17, 15) is 0 Å². The molecule has 2 aromatic rings. The Morgan fingerprint density at radius 3 is 2.38 bits per heavy atom. The van der Waals surface area contributed by atoms with Crippen molar-refractivity contribution >= 4 is 0 Å². The van der Waals surface area contributed by atoms with Crippen molar-refractivity contribution in [3.05, 3.63) is 64.2 Å². The number of benzene rings is 2. The van der Waals surface area contributed by atoms with E-state index in [-0.39, 0.29) is 6.04 Å². The Morgan fingerprint density at radius 1 is 1.05 bits per heavy atom. The highest BCUT2D eigenvalue weighted by atomic mass is 16.5. The average Bonchev–Trinajstić information content (AvgIpc) is 2.52. The first-order valence-corrected chi connectivity index (χ1v) is 7.53. The Hall–Kier alpha value is -1.80. The highest BCUT2D eigenvalue weighted by Gasteiger charge is 2.20. The number of hydrogen-bond donors (Lipinski definition) is 1. The molecule has 0 aliphatic carbocycles. The summed E-state index contributed by atoms with van der Waals surface area (Å²) in [5.41, 5.74) is 6.36. The SMILES string of the molecule is CCc1ccccc1C(NC)c1ccc(C)c(C)c1OC. The summed E-state index contributed by atoms with van der Waals surface area (Å²) in [7, 11) is 3.76. The molecule has 0 aromatic heterocycles. The lowest BCUT2D eigenvalue weighted by Gasteiger charge is -2.24. The number of nitrogens with one attached hydrogen (secondary N) is 1. The molecule has 0 amide bonds. The molecule has 0 bridgehead atoms. The summed E-state index contributed by atoms with van der Waals surface area (Å²) in [5, 5.41) is 3.45. The molecular weight excluding hydrogens is 258 g/mol. The number of ether oxygens (including phenoxy) is 1. The molecule has 2 rings (SSSR count). The predicted octanol–water partition coefficient (Wildman–Crippen LogP) is 4.18. The molecule has 112 valence electrons. The normalized spacial score (nSPS) is 12.2. The second-order valence-corrected chi connectivity index (χ2v) is 5.40. The van der Waals surface area contributed by atoms with Crippen LogP contribution in [0, 0.1) is 13.8 Å². The van der Waals surface area contributed by atoms with Gasteiger partial charge in [-0.05, 0) is 49.6 Å². The van der Waals surface area contributed by atoms with Crippen LogP contribution in [0.2, 0.25) is 0 Å². The zero-order valence-electron chi connectivity index (χ0n) is 13.7. The van der Waals surface area contributed by atoms with E-state index in [1.54, 1.807) is 7.11 Å². The molecule has 0 radical (unpaired) electrons. The third-order valence-corrected chi connectivity index (χ3v) is 4.26. The third kappa shape index (κ3) is 2.96. The van der Waals surface area contributed by atoms with Gasteiger partial charge in [-0.1, -0.05) is 43.3 Å². The number of methoxy groups -OCH3 is 1. The monoisotopic (exact) mass is 283 g/mol. The maximum atomic E-state index is 5.69. The summed E-state index contributed by atoms with van der Waals surface area (Å²) in [5.74, 6) is 0.986. The lowest BCUT2D eigenvalue weighted by atomic mass is 9.91. The summed E-state index contributed by atoms with van der Waals surface area (Å²) < 4.78 is 5.69. The summed E-state index contributed by atoms with van der Waals surface area (Å²) >= 11 is 0. The molecule has 2 aromatic carbocycles. The van der Waals surface area contributed by atoms with Crippen molar-refractivity contribution < 1.29 is 4.74 Å².